The third kappa shape index (κ3) is 26.8. The molecule has 0 saturated carbocycles. The Hall–Kier alpha value is -4.92. The number of nitrogens with one attached hydrogen (secondary N) is 7. The summed E-state index contributed by atoms with van der Waals surface area (Å²) in [5, 5.41) is 111. The predicted molar refractivity (Wildman–Crippen MR) is 450 cm³/mol. The molecule has 18 N–H and O–H groups in total. The molecule has 5 fully saturated rings. The fraction of sp³-hybridized carbons (Fsp3) is 0.614. The number of aromatic amines is 7. The average molecular weight is 1710 g/mol. The Morgan fingerprint density at radius 1 is 0.423 bits per heavy atom. The molecular weight excluding hydrogens is 1600 g/mol. The number of hydrogen-bond acceptors (Lipinski definition) is 26. The van der Waals surface area contributed by atoms with Gasteiger partial charge in [-0.05, 0) is 149 Å². The smallest absolute Gasteiger partial charge is 0.330 e. The zero-order valence-electron chi connectivity index (χ0n) is 64.4. The zero-order chi connectivity index (χ0) is 83.7. The Balaban J connectivity index is 0.000000217. The second-order valence-corrected chi connectivity index (χ2v) is 54.5. The number of aliphatic hydroxyl groups excluding tert-OH is 11. The van der Waals surface area contributed by atoms with Crippen molar-refractivity contribution in [2.75, 3.05) is 97.5 Å². The summed E-state index contributed by atoms with van der Waals surface area (Å²) in [7, 11) is 1.59. The van der Waals surface area contributed by atoms with Crippen LogP contribution in [-0.4, -0.2) is 325 Å². The van der Waals surface area contributed by atoms with Gasteiger partial charge >= 0.3 is 22.8 Å². The van der Waals surface area contributed by atoms with Crippen LogP contribution in [0, 0.1) is 25.9 Å². The second kappa shape index (κ2) is 39.8. The first-order chi connectivity index (χ1) is 51.2. The number of rotatable bonds is 21. The van der Waals surface area contributed by atoms with E-state index < -0.39 is 197 Å². The highest BCUT2D eigenvalue weighted by atomic mass is 32.1. The van der Waals surface area contributed by atoms with Crippen LogP contribution in [0.25, 0.3) is 0 Å². The first-order valence-electron chi connectivity index (χ1n) is 35.4. The van der Waals surface area contributed by atoms with Crippen LogP contribution in [0.4, 0.5) is 0 Å². The molecule has 5 aliphatic heterocycles. The van der Waals surface area contributed by atoms with Crippen molar-refractivity contribution in [1.29, 1.82) is 0 Å². The van der Waals surface area contributed by atoms with Crippen molar-refractivity contribution in [2.45, 2.75) is 168 Å². The molecule has 5 saturated heterocycles. The van der Waals surface area contributed by atoms with Gasteiger partial charge < -0.3 is 94.4 Å². The van der Waals surface area contributed by atoms with Crippen LogP contribution in [0.5, 0.6) is 0 Å². The largest absolute Gasteiger partial charge is 0.391 e. The van der Waals surface area contributed by atoms with Gasteiger partial charge in [-0.15, -0.1) is 71.8 Å². The first-order valence-corrected chi connectivity index (χ1v) is 51.9. The lowest BCUT2D eigenvalue weighted by molar-refractivity contribution is -0.0405. The van der Waals surface area contributed by atoms with Gasteiger partial charge in [0.25, 0.3) is 16.7 Å². The second-order valence-electron chi connectivity index (χ2n) is 31.6. The Morgan fingerprint density at radius 3 is 1.15 bits per heavy atom. The lowest BCUT2D eigenvalue weighted by Crippen LogP contribution is -2.38. The molecule has 0 radical (unpaired) electrons. The standard InChI is InChI=1S/C16H23N2O5P.C14H23N2O6P.C14H23N2O4PS.2C13H21N2O4PS/c1-5-6-10-9-18(16(22)17-14(10)21)15-13(20)12(19)11(23-15)7-8-24(2,3)4;1-23(2,3)5-4-9-10(18)11(19)13(22-9)16-6-8(7-17)12(20)15-14(16)21;1-16-7-8(13(22)15-14(16)19)12-11(18)10(17)9(20-12)5-6-21(2,3)4;1-20(2,3)5-4-8-9(16)10(17)11(19-8)7-6-14-13(18)15-12(7)21;1-20(2,3)5-4-8-9(16)10(17)11(19-8)7-6-14-13(21)15-12(7)18/h9,11-13,15,19-20H,2,7-8H2,1,3-4H3,(H,17,21,22);6,9-11,13,17-19H,1,4-5,7H2,2-3H3,(H,15,20,21);7,9-12,17-18H,2,5-6H2,1,3-4H3,(H,15,19,22);2*6,8-11,16-17H,1,4-5H2,2-3H3,(H2,14,15,18,21)/t11-,12-,13-,15?;9-,10-,11-,13?;9-,10-,11-,12?;2*8-,9-,10-,11?/m11111/s1. The maximum Gasteiger partial charge on any atom is 0.330 e. The SMILES string of the molecule is C=P(C)(C)CC[C@H]1OC(c2c[nH]c(=O)[nH]c2=S)[C@H](O)[C@@H]1O.C=P(C)(C)CC[C@H]1OC(c2c[nH]c(=S)[nH]c2=O)[C@H](O)[C@@H]1O.C=P(C)(C)CC[C@H]1OC(c2cn(C)c(=O)[nH]c2=S)[C@H](O)[C@@H]1O.C=P(C)(C)CC[C@H]1OC(n2cc(C#CC)c(=O)[nH]c2=O)[C@H](O)[C@@H]1O.C=P(C)(C)CC[C@H]1OC(n2cc(CO)c(=O)[nH]c2=O)[C@H](O)[C@@H]1O. The lowest BCUT2D eigenvalue weighted by atomic mass is 10.0. The fourth-order valence-corrected chi connectivity index (χ4v) is 17.7. The Morgan fingerprint density at radius 2 is 0.775 bits per heavy atom. The fourth-order valence-electron chi connectivity index (χ4n) is 12.3. The quantitative estimate of drug-likeness (QED) is 0.0270. The number of aromatic nitrogens is 10. The van der Waals surface area contributed by atoms with Crippen molar-refractivity contribution in [3.63, 3.8) is 0 Å². The van der Waals surface area contributed by atoms with E-state index in [9.17, 15) is 84.6 Å². The van der Waals surface area contributed by atoms with Crippen LogP contribution in [0.1, 0.15) is 97.6 Å². The average Bonchev–Trinajstić information content (AvgIpc) is 1.73. The Labute approximate surface area is 657 Å². The van der Waals surface area contributed by atoms with E-state index in [0.717, 1.165) is 46.1 Å². The predicted octanol–water partition coefficient (Wildman–Crippen LogP) is 0.465. The molecule has 0 bridgehead atoms. The van der Waals surface area contributed by atoms with Crippen LogP contribution in [0.3, 0.4) is 0 Å². The van der Waals surface area contributed by atoms with E-state index in [1.807, 2.05) is 0 Å². The topological polar surface area (TPSA) is 513 Å². The van der Waals surface area contributed by atoms with Gasteiger partial charge in [-0.1, -0.05) is 30.4 Å². The van der Waals surface area contributed by atoms with Crippen LogP contribution in [0.2, 0.25) is 0 Å². The molecule has 33 nitrogen and oxygen atoms in total. The molecule has 111 heavy (non-hydrogen) atoms. The van der Waals surface area contributed by atoms with Gasteiger partial charge in [0, 0.05) is 49.2 Å². The zero-order valence-corrected chi connectivity index (χ0v) is 71.3. The van der Waals surface area contributed by atoms with Gasteiger partial charge in [-0.2, -0.15) is 0 Å². The maximum absolute atomic E-state index is 12.0. The summed E-state index contributed by atoms with van der Waals surface area (Å²) in [5.41, 5.74) is -2.66. The summed E-state index contributed by atoms with van der Waals surface area (Å²) < 4.78 is 32.7. The Kier molecular flexibility index (Phi) is 34.1. The first kappa shape index (κ1) is 94.9. The molecule has 0 spiro atoms. The van der Waals surface area contributed by atoms with Crippen molar-refractivity contribution in [3.8, 4) is 11.8 Å². The van der Waals surface area contributed by atoms with Crippen LogP contribution < -0.4 is 39.4 Å². The minimum atomic E-state index is -1.31. The molecule has 5 aliphatic rings. The molecule has 622 valence electrons. The minimum absolute atomic E-state index is 0.0249. The lowest BCUT2D eigenvalue weighted by Gasteiger charge is -2.19. The third-order valence-electron chi connectivity index (χ3n) is 18.6. The van der Waals surface area contributed by atoms with Crippen molar-refractivity contribution in [2.24, 2.45) is 7.05 Å². The summed E-state index contributed by atoms with van der Waals surface area (Å²) in [4.78, 5) is 98.5. The summed E-state index contributed by atoms with van der Waals surface area (Å²) >= 11 is 15.0. The van der Waals surface area contributed by atoms with Gasteiger partial charge in [0.1, 0.15) is 94.2 Å². The summed E-state index contributed by atoms with van der Waals surface area (Å²) in [6.07, 6.45) is 16.3. The molecule has 5 aromatic heterocycles. The number of aryl methyl sites for hydroxylation is 1. The Bertz CT molecular complexity index is 4900. The van der Waals surface area contributed by atoms with Gasteiger partial charge in [0.15, 0.2) is 17.2 Å². The molecule has 41 heteroatoms. The summed E-state index contributed by atoms with van der Waals surface area (Å²) in [6, 6.07) is 0. The maximum atomic E-state index is 12.0. The van der Waals surface area contributed by atoms with E-state index in [4.69, 9.17) is 65.4 Å². The summed E-state index contributed by atoms with van der Waals surface area (Å²) in [5.74, 6) is 5.18. The van der Waals surface area contributed by atoms with Gasteiger partial charge in [0.05, 0.1) is 48.3 Å². The molecule has 20 atom stereocenters. The third-order valence-corrected chi connectivity index (χ3v) is 26.8. The molecule has 5 aromatic rings. The van der Waals surface area contributed by atoms with Crippen molar-refractivity contribution in [1.82, 2.24) is 48.6 Å². The van der Waals surface area contributed by atoms with Crippen LogP contribution in [0.15, 0.2) is 64.5 Å². The number of hydrogen-bond donors (Lipinski definition) is 18. The highest BCUT2D eigenvalue weighted by Crippen LogP contribution is 2.45. The normalized spacial score (nSPS) is 28.6. The van der Waals surface area contributed by atoms with Crippen molar-refractivity contribution < 1.29 is 79.9 Å². The number of nitrogens with zero attached hydrogens (tertiary/aromatic N) is 3. The highest BCUT2D eigenvalue weighted by Gasteiger charge is 2.49. The minimum Gasteiger partial charge on any atom is -0.391 e. The molecule has 10 heterocycles. The van der Waals surface area contributed by atoms with E-state index in [1.165, 1.54) is 23.2 Å². The van der Waals surface area contributed by atoms with E-state index >= 15 is 0 Å². The number of ether oxygens (including phenoxy) is 5. The molecular formula is C70H111N10O23P5S3. The molecule has 5 unspecified atom stereocenters. The highest BCUT2D eigenvalue weighted by molar-refractivity contribution is 7.73. The monoisotopic (exact) mass is 1710 g/mol. The van der Waals surface area contributed by atoms with E-state index in [0.29, 0.717) is 43.2 Å². The van der Waals surface area contributed by atoms with E-state index in [2.05, 4.69) is 145 Å². The number of H-pyrrole nitrogens is 7. The molecule has 0 amide bonds. The molecule has 10 rings (SSSR count). The summed E-state index contributed by atoms with van der Waals surface area (Å²) in [6.45, 7) is 15.7. The molecule has 0 aromatic carbocycles. The van der Waals surface area contributed by atoms with E-state index in [-0.39, 0.29) is 36.4 Å². The van der Waals surface area contributed by atoms with Gasteiger partial charge in [0.2, 0.25) is 0 Å². The van der Waals surface area contributed by atoms with Gasteiger partial charge in [-0.25, -0.2) is 19.2 Å². The van der Waals surface area contributed by atoms with Crippen LogP contribution >= 0.6 is 71.1 Å². The van der Waals surface area contributed by atoms with Crippen LogP contribution in [-0.2, 0) is 37.3 Å². The van der Waals surface area contributed by atoms with Crippen molar-refractivity contribution >= 4 is 103 Å². The molecule has 0 aliphatic carbocycles. The van der Waals surface area contributed by atoms with Crippen molar-refractivity contribution in [3.05, 3.63) is 146 Å². The number of aliphatic hydroxyl groups is 11. The van der Waals surface area contributed by atoms with E-state index in [1.54, 1.807) is 20.2 Å². The van der Waals surface area contributed by atoms with Gasteiger partial charge in [-0.3, -0.25) is 48.4 Å².